The smallest absolute Gasteiger partial charge is 0.223 e. The summed E-state index contributed by atoms with van der Waals surface area (Å²) < 4.78 is 5.42. The van der Waals surface area contributed by atoms with Crippen molar-refractivity contribution in [3.05, 3.63) is 65.2 Å². The second-order valence-corrected chi connectivity index (χ2v) is 8.35. The Morgan fingerprint density at radius 2 is 1.94 bits per heavy atom. The van der Waals surface area contributed by atoms with E-state index in [1.165, 1.54) is 11.1 Å². The van der Waals surface area contributed by atoms with E-state index in [1.807, 2.05) is 30.0 Å². The fourth-order valence-corrected chi connectivity index (χ4v) is 4.01. The van der Waals surface area contributed by atoms with Crippen LogP contribution in [0.5, 0.6) is 5.75 Å². The first kappa shape index (κ1) is 23.6. The second kappa shape index (κ2) is 12.1. The molecule has 172 valence electrons. The van der Waals surface area contributed by atoms with Gasteiger partial charge in [-0.05, 0) is 49.4 Å². The molecule has 32 heavy (non-hydrogen) atoms. The molecule has 1 unspecified atom stereocenters. The van der Waals surface area contributed by atoms with Gasteiger partial charge in [0.25, 0.3) is 0 Å². The lowest BCUT2D eigenvalue weighted by Gasteiger charge is -2.16. The number of likely N-dealkylation sites (tertiary alicyclic amines) is 1. The summed E-state index contributed by atoms with van der Waals surface area (Å²) in [4.78, 5) is 19.2. The van der Waals surface area contributed by atoms with E-state index in [0.29, 0.717) is 13.0 Å². The molecule has 3 rings (SSSR count). The van der Waals surface area contributed by atoms with E-state index in [4.69, 9.17) is 9.73 Å². The molecule has 2 N–H and O–H groups in total. The maximum absolute atomic E-state index is 12.4. The lowest BCUT2D eigenvalue weighted by molar-refractivity contribution is -0.127. The minimum atomic E-state index is 0.243. The van der Waals surface area contributed by atoms with E-state index >= 15 is 0 Å². The van der Waals surface area contributed by atoms with Crippen LogP contribution in [-0.2, 0) is 17.6 Å². The van der Waals surface area contributed by atoms with Crippen molar-refractivity contribution in [3.8, 4) is 5.75 Å². The van der Waals surface area contributed by atoms with Crippen molar-refractivity contribution in [2.75, 3.05) is 39.8 Å². The average Bonchev–Trinajstić information content (AvgIpc) is 3.17. The predicted octanol–water partition coefficient (Wildman–Crippen LogP) is 3.19. The van der Waals surface area contributed by atoms with E-state index in [2.05, 4.69) is 47.9 Å². The van der Waals surface area contributed by atoms with Crippen molar-refractivity contribution in [1.82, 2.24) is 15.5 Å². The van der Waals surface area contributed by atoms with Gasteiger partial charge in [0, 0.05) is 45.1 Å². The highest BCUT2D eigenvalue weighted by Crippen LogP contribution is 2.20. The number of rotatable bonds is 10. The minimum Gasteiger partial charge on any atom is -0.496 e. The highest BCUT2D eigenvalue weighted by atomic mass is 16.5. The zero-order chi connectivity index (χ0) is 22.8. The molecule has 0 bridgehead atoms. The molecule has 1 amide bonds. The molecular weight excluding hydrogens is 400 g/mol. The van der Waals surface area contributed by atoms with Gasteiger partial charge in [-0.3, -0.25) is 9.79 Å². The Morgan fingerprint density at radius 1 is 1.12 bits per heavy atom. The van der Waals surface area contributed by atoms with E-state index in [1.54, 1.807) is 7.11 Å². The van der Waals surface area contributed by atoms with Crippen LogP contribution in [0.4, 0.5) is 0 Å². The fourth-order valence-electron chi connectivity index (χ4n) is 4.01. The van der Waals surface area contributed by atoms with Crippen molar-refractivity contribution < 1.29 is 9.53 Å². The van der Waals surface area contributed by atoms with Gasteiger partial charge in [-0.25, -0.2) is 0 Å². The molecule has 0 aliphatic carbocycles. The third-order valence-electron chi connectivity index (χ3n) is 5.84. The molecule has 1 atom stereocenters. The number of hydrogen-bond donors (Lipinski definition) is 2. The number of aryl methyl sites for hydroxylation is 1. The first-order chi connectivity index (χ1) is 15.6. The lowest BCUT2D eigenvalue weighted by atomic mass is 10.1. The number of methoxy groups -OCH3 is 1. The summed E-state index contributed by atoms with van der Waals surface area (Å²) in [5.41, 5.74) is 3.64. The van der Waals surface area contributed by atoms with Crippen LogP contribution < -0.4 is 15.4 Å². The van der Waals surface area contributed by atoms with Gasteiger partial charge in [-0.1, -0.05) is 42.5 Å². The zero-order valence-electron chi connectivity index (χ0n) is 19.6. The first-order valence-corrected chi connectivity index (χ1v) is 11.6. The number of amides is 1. The molecular formula is C26H36N4O2. The Hall–Kier alpha value is -3.02. The Labute approximate surface area is 192 Å². The van der Waals surface area contributed by atoms with Gasteiger partial charge < -0.3 is 20.3 Å². The quantitative estimate of drug-likeness (QED) is 0.443. The molecule has 1 heterocycles. The highest BCUT2D eigenvalue weighted by molar-refractivity contribution is 5.80. The van der Waals surface area contributed by atoms with E-state index in [-0.39, 0.29) is 11.8 Å². The number of guanidine groups is 1. The molecule has 0 aromatic heterocycles. The standard InChI is InChI=1S/C26H36N4O2/c1-4-27-26(28-14-12-22-11-10-20(2)24(16-22)32-3)29-18-23-17-25(31)30(19-23)15-13-21-8-6-5-7-9-21/h5-11,16,23H,4,12-15,17-19H2,1-3H3,(H2,27,28,29). The maximum atomic E-state index is 12.4. The summed E-state index contributed by atoms with van der Waals surface area (Å²) in [5.74, 6) is 2.25. The number of nitrogens with one attached hydrogen (secondary N) is 2. The van der Waals surface area contributed by atoms with Crippen molar-refractivity contribution in [1.29, 1.82) is 0 Å². The SMILES string of the molecule is CCNC(=NCC1CC(=O)N(CCc2ccccc2)C1)NCCc1ccc(C)c(OC)c1. The van der Waals surface area contributed by atoms with Gasteiger partial charge in [0.05, 0.1) is 7.11 Å². The van der Waals surface area contributed by atoms with Crippen molar-refractivity contribution >= 4 is 11.9 Å². The van der Waals surface area contributed by atoms with Crippen LogP contribution >= 0.6 is 0 Å². The van der Waals surface area contributed by atoms with Gasteiger partial charge >= 0.3 is 0 Å². The number of aliphatic imine (C=N–C) groups is 1. The van der Waals surface area contributed by atoms with Crippen molar-refractivity contribution in [2.45, 2.75) is 33.1 Å². The molecule has 2 aromatic rings. The number of carbonyl (C=O) groups excluding carboxylic acids is 1. The van der Waals surface area contributed by atoms with E-state index < -0.39 is 0 Å². The Kier molecular flexibility index (Phi) is 8.96. The summed E-state index contributed by atoms with van der Waals surface area (Å²) in [6.45, 7) is 7.92. The normalized spacial score (nSPS) is 16.3. The molecule has 2 aromatic carbocycles. The summed E-state index contributed by atoms with van der Waals surface area (Å²) in [7, 11) is 1.71. The Balaban J connectivity index is 1.46. The Bertz CT molecular complexity index is 898. The van der Waals surface area contributed by atoms with Crippen molar-refractivity contribution in [2.24, 2.45) is 10.9 Å². The van der Waals surface area contributed by atoms with Crippen LogP contribution in [-0.4, -0.2) is 56.6 Å². The minimum absolute atomic E-state index is 0.243. The van der Waals surface area contributed by atoms with Gasteiger partial charge in [-0.2, -0.15) is 0 Å². The molecule has 0 saturated carbocycles. The molecule has 1 fully saturated rings. The summed E-state index contributed by atoms with van der Waals surface area (Å²) >= 11 is 0. The summed E-state index contributed by atoms with van der Waals surface area (Å²) in [6, 6.07) is 16.7. The average molecular weight is 437 g/mol. The maximum Gasteiger partial charge on any atom is 0.223 e. The first-order valence-electron chi connectivity index (χ1n) is 11.6. The predicted molar refractivity (Wildman–Crippen MR) is 130 cm³/mol. The van der Waals surface area contributed by atoms with Gasteiger partial charge in [-0.15, -0.1) is 0 Å². The molecule has 0 radical (unpaired) electrons. The van der Waals surface area contributed by atoms with Gasteiger partial charge in [0.15, 0.2) is 5.96 Å². The van der Waals surface area contributed by atoms with Crippen LogP contribution in [0.2, 0.25) is 0 Å². The van der Waals surface area contributed by atoms with E-state index in [0.717, 1.165) is 56.3 Å². The van der Waals surface area contributed by atoms with Crippen LogP contribution in [0.1, 0.15) is 30.0 Å². The number of nitrogens with zero attached hydrogens (tertiary/aromatic N) is 2. The van der Waals surface area contributed by atoms with Crippen LogP contribution in [0.3, 0.4) is 0 Å². The zero-order valence-corrected chi connectivity index (χ0v) is 19.6. The third-order valence-corrected chi connectivity index (χ3v) is 5.84. The van der Waals surface area contributed by atoms with E-state index in [9.17, 15) is 4.79 Å². The number of carbonyl (C=O) groups is 1. The summed E-state index contributed by atoms with van der Waals surface area (Å²) in [6.07, 6.45) is 2.37. The number of ether oxygens (including phenoxy) is 1. The number of hydrogen-bond acceptors (Lipinski definition) is 3. The molecule has 1 aliphatic rings. The Morgan fingerprint density at radius 3 is 2.69 bits per heavy atom. The van der Waals surface area contributed by atoms with Gasteiger partial charge in [0.1, 0.15) is 5.75 Å². The number of benzene rings is 2. The largest absolute Gasteiger partial charge is 0.496 e. The van der Waals surface area contributed by atoms with Crippen LogP contribution in [0.25, 0.3) is 0 Å². The van der Waals surface area contributed by atoms with Gasteiger partial charge in [0.2, 0.25) is 5.91 Å². The monoisotopic (exact) mass is 436 g/mol. The molecule has 6 nitrogen and oxygen atoms in total. The van der Waals surface area contributed by atoms with Crippen LogP contribution in [0.15, 0.2) is 53.5 Å². The van der Waals surface area contributed by atoms with Crippen molar-refractivity contribution in [3.63, 3.8) is 0 Å². The second-order valence-electron chi connectivity index (χ2n) is 8.35. The lowest BCUT2D eigenvalue weighted by Crippen LogP contribution is -2.38. The molecule has 0 spiro atoms. The molecule has 6 heteroatoms. The molecule has 1 aliphatic heterocycles. The third kappa shape index (κ3) is 7.01. The summed E-state index contributed by atoms with van der Waals surface area (Å²) in [5, 5.41) is 6.72. The topological polar surface area (TPSA) is 66.0 Å². The van der Waals surface area contributed by atoms with Crippen LogP contribution in [0, 0.1) is 12.8 Å². The molecule has 1 saturated heterocycles. The highest BCUT2D eigenvalue weighted by Gasteiger charge is 2.29. The fraction of sp³-hybridized carbons (Fsp3) is 0.462.